The van der Waals surface area contributed by atoms with Crippen molar-refractivity contribution in [3.8, 4) is 5.75 Å². The molecule has 2 aliphatic heterocycles. The highest BCUT2D eigenvalue weighted by atomic mass is 16.5. The molecule has 2 atom stereocenters. The molecule has 0 amide bonds. The molecule has 2 unspecified atom stereocenters. The Bertz CT molecular complexity index is 505. The summed E-state index contributed by atoms with van der Waals surface area (Å²) in [6.45, 7) is 6.03. The number of hydrogen-bond donors (Lipinski definition) is 1. The van der Waals surface area contributed by atoms with Gasteiger partial charge in [0.05, 0.1) is 26.4 Å². The largest absolute Gasteiger partial charge is 0.496 e. The summed E-state index contributed by atoms with van der Waals surface area (Å²) >= 11 is 0. The van der Waals surface area contributed by atoms with Crippen LogP contribution in [0, 0.1) is 0 Å². The van der Waals surface area contributed by atoms with E-state index in [2.05, 4.69) is 21.9 Å². The van der Waals surface area contributed by atoms with Gasteiger partial charge in [-0.05, 0) is 37.4 Å². The van der Waals surface area contributed by atoms with Gasteiger partial charge in [0, 0.05) is 32.2 Å². The lowest BCUT2D eigenvalue weighted by Crippen LogP contribution is -2.45. The Hall–Kier alpha value is -1.14. The fraction of sp³-hybridized carbons (Fsp3) is 0.684. The number of para-hydroxylation sites is 1. The Balaban J connectivity index is 1.53. The Labute approximate surface area is 145 Å². The monoisotopic (exact) mass is 334 g/mol. The number of β-amino-alcohol motifs (C(OH)–C–C–N with tert-alkyl or cyclic N) is 1. The molecule has 2 fully saturated rings. The lowest BCUT2D eigenvalue weighted by molar-refractivity contribution is 0.00591. The number of nitrogens with zero attached hydrogens (tertiary/aromatic N) is 2. The fourth-order valence-electron chi connectivity index (χ4n) is 3.90. The lowest BCUT2D eigenvalue weighted by atomic mass is 10.0. The predicted molar refractivity (Wildman–Crippen MR) is 94.6 cm³/mol. The zero-order valence-electron chi connectivity index (χ0n) is 14.7. The van der Waals surface area contributed by atoms with Crippen LogP contribution in [0.4, 0.5) is 0 Å². The molecule has 5 nitrogen and oxygen atoms in total. The summed E-state index contributed by atoms with van der Waals surface area (Å²) in [7, 11) is 1.73. The van der Waals surface area contributed by atoms with Crippen molar-refractivity contribution in [3.05, 3.63) is 29.8 Å². The van der Waals surface area contributed by atoms with Gasteiger partial charge in [-0.15, -0.1) is 0 Å². The van der Waals surface area contributed by atoms with Crippen molar-refractivity contribution < 1.29 is 14.6 Å². The number of benzene rings is 1. The molecule has 24 heavy (non-hydrogen) atoms. The minimum atomic E-state index is -0.290. The summed E-state index contributed by atoms with van der Waals surface area (Å²) in [6, 6.07) is 8.77. The van der Waals surface area contributed by atoms with Crippen molar-refractivity contribution in [2.75, 3.05) is 53.0 Å². The molecule has 0 spiro atoms. The number of aliphatic hydroxyl groups excluding tert-OH is 1. The second-order valence-corrected chi connectivity index (χ2v) is 6.87. The van der Waals surface area contributed by atoms with E-state index in [9.17, 15) is 5.11 Å². The van der Waals surface area contributed by atoms with Crippen LogP contribution in [-0.4, -0.2) is 80.1 Å². The van der Waals surface area contributed by atoms with Crippen LogP contribution in [0.25, 0.3) is 0 Å². The van der Waals surface area contributed by atoms with Crippen LogP contribution in [0.2, 0.25) is 0 Å². The zero-order valence-corrected chi connectivity index (χ0v) is 14.7. The molecule has 1 aromatic rings. The van der Waals surface area contributed by atoms with Crippen LogP contribution in [0.15, 0.2) is 24.3 Å². The highest BCUT2D eigenvalue weighted by molar-refractivity contribution is 5.34. The quantitative estimate of drug-likeness (QED) is 0.817. The predicted octanol–water partition coefficient (Wildman–Crippen LogP) is 1.40. The third-order valence-corrected chi connectivity index (χ3v) is 5.17. The molecule has 5 heteroatoms. The molecule has 3 rings (SSSR count). The summed E-state index contributed by atoms with van der Waals surface area (Å²) in [4.78, 5) is 4.76. The molecule has 2 aliphatic rings. The third-order valence-electron chi connectivity index (χ3n) is 5.17. The summed E-state index contributed by atoms with van der Waals surface area (Å²) in [6.07, 6.45) is 3.11. The summed E-state index contributed by atoms with van der Waals surface area (Å²) in [5, 5.41) is 10.5. The first kappa shape index (κ1) is 17.7. The molecule has 0 bridgehead atoms. The van der Waals surface area contributed by atoms with Gasteiger partial charge >= 0.3 is 0 Å². The normalized spacial score (nSPS) is 24.2. The highest BCUT2D eigenvalue weighted by Crippen LogP contribution is 2.26. The SMILES string of the molecule is COc1ccccc1CC1CCCN1CC(O)CN1CCOCC1. The fourth-order valence-corrected chi connectivity index (χ4v) is 3.90. The average Bonchev–Trinajstić information content (AvgIpc) is 3.03. The van der Waals surface area contributed by atoms with E-state index in [-0.39, 0.29) is 6.10 Å². The number of likely N-dealkylation sites (tertiary alicyclic amines) is 1. The maximum Gasteiger partial charge on any atom is 0.122 e. The van der Waals surface area contributed by atoms with E-state index in [1.54, 1.807) is 7.11 Å². The molecule has 1 N–H and O–H groups in total. The van der Waals surface area contributed by atoms with Gasteiger partial charge in [0.15, 0.2) is 0 Å². The molecule has 134 valence electrons. The first-order valence-corrected chi connectivity index (χ1v) is 9.10. The summed E-state index contributed by atoms with van der Waals surface area (Å²) in [5.74, 6) is 0.971. The van der Waals surface area contributed by atoms with Crippen molar-refractivity contribution in [2.24, 2.45) is 0 Å². The molecule has 0 saturated carbocycles. The Morgan fingerprint density at radius 2 is 2.00 bits per heavy atom. The molecule has 2 heterocycles. The van der Waals surface area contributed by atoms with E-state index in [0.29, 0.717) is 6.04 Å². The molecular formula is C19H30N2O3. The van der Waals surface area contributed by atoms with Crippen LogP contribution < -0.4 is 4.74 Å². The van der Waals surface area contributed by atoms with Crippen LogP contribution >= 0.6 is 0 Å². The van der Waals surface area contributed by atoms with Gasteiger partial charge in [-0.1, -0.05) is 18.2 Å². The van der Waals surface area contributed by atoms with E-state index in [0.717, 1.165) is 58.1 Å². The number of methoxy groups -OCH3 is 1. The summed E-state index contributed by atoms with van der Waals surface area (Å²) in [5.41, 5.74) is 1.26. The van der Waals surface area contributed by atoms with E-state index in [1.165, 1.54) is 18.4 Å². The number of hydrogen-bond acceptors (Lipinski definition) is 5. The van der Waals surface area contributed by atoms with E-state index >= 15 is 0 Å². The number of rotatable bonds is 7. The second kappa shape index (κ2) is 8.81. The molecule has 2 saturated heterocycles. The number of aliphatic hydroxyl groups is 1. The number of ether oxygens (including phenoxy) is 2. The lowest BCUT2D eigenvalue weighted by Gasteiger charge is -2.32. The van der Waals surface area contributed by atoms with Crippen LogP contribution in [-0.2, 0) is 11.2 Å². The average molecular weight is 334 g/mol. The van der Waals surface area contributed by atoms with Gasteiger partial charge in [0.1, 0.15) is 5.75 Å². The second-order valence-electron chi connectivity index (χ2n) is 6.87. The van der Waals surface area contributed by atoms with Gasteiger partial charge in [0.25, 0.3) is 0 Å². The van der Waals surface area contributed by atoms with Crippen molar-refractivity contribution in [1.29, 1.82) is 0 Å². The standard InChI is InChI=1S/C19H30N2O3/c1-23-19-7-3-2-5-16(19)13-17-6-4-8-21(17)15-18(22)14-20-9-11-24-12-10-20/h2-3,5,7,17-18,22H,4,6,8-15H2,1H3. The molecule has 1 aromatic carbocycles. The minimum absolute atomic E-state index is 0.290. The first-order chi connectivity index (χ1) is 11.8. The van der Waals surface area contributed by atoms with Crippen molar-refractivity contribution in [3.63, 3.8) is 0 Å². The maximum absolute atomic E-state index is 10.5. The van der Waals surface area contributed by atoms with Gasteiger partial charge in [-0.25, -0.2) is 0 Å². The first-order valence-electron chi connectivity index (χ1n) is 9.10. The summed E-state index contributed by atoms with van der Waals surface area (Å²) < 4.78 is 10.9. The minimum Gasteiger partial charge on any atom is -0.496 e. The van der Waals surface area contributed by atoms with Crippen molar-refractivity contribution >= 4 is 0 Å². The Morgan fingerprint density at radius 1 is 1.21 bits per heavy atom. The van der Waals surface area contributed by atoms with E-state index < -0.39 is 0 Å². The molecular weight excluding hydrogens is 304 g/mol. The van der Waals surface area contributed by atoms with E-state index in [1.807, 2.05) is 12.1 Å². The highest BCUT2D eigenvalue weighted by Gasteiger charge is 2.28. The molecule has 0 radical (unpaired) electrons. The van der Waals surface area contributed by atoms with E-state index in [4.69, 9.17) is 9.47 Å². The van der Waals surface area contributed by atoms with Gasteiger partial charge in [0.2, 0.25) is 0 Å². The third kappa shape index (κ3) is 4.70. The Morgan fingerprint density at radius 3 is 2.79 bits per heavy atom. The smallest absolute Gasteiger partial charge is 0.122 e. The Kier molecular flexibility index (Phi) is 6.49. The van der Waals surface area contributed by atoms with Crippen LogP contribution in [0.5, 0.6) is 5.75 Å². The number of morpholine rings is 1. The van der Waals surface area contributed by atoms with Gasteiger partial charge in [-0.3, -0.25) is 9.80 Å². The van der Waals surface area contributed by atoms with Crippen molar-refractivity contribution in [1.82, 2.24) is 9.80 Å². The zero-order chi connectivity index (χ0) is 16.8. The van der Waals surface area contributed by atoms with Crippen molar-refractivity contribution in [2.45, 2.75) is 31.4 Å². The van der Waals surface area contributed by atoms with Gasteiger partial charge in [-0.2, -0.15) is 0 Å². The van der Waals surface area contributed by atoms with Gasteiger partial charge < -0.3 is 14.6 Å². The van der Waals surface area contributed by atoms with Crippen LogP contribution in [0.1, 0.15) is 18.4 Å². The topological polar surface area (TPSA) is 45.2 Å². The molecule has 0 aromatic heterocycles. The maximum atomic E-state index is 10.5. The van der Waals surface area contributed by atoms with Crippen LogP contribution in [0.3, 0.4) is 0 Å². The molecule has 0 aliphatic carbocycles.